The molecule has 1 N–H and O–H groups in total. The predicted molar refractivity (Wildman–Crippen MR) is 113 cm³/mol. The van der Waals surface area contributed by atoms with Gasteiger partial charge in [0, 0.05) is 18.1 Å². The predicted octanol–water partition coefficient (Wildman–Crippen LogP) is 4.02. The van der Waals surface area contributed by atoms with Crippen LogP contribution in [-0.4, -0.2) is 28.9 Å². The summed E-state index contributed by atoms with van der Waals surface area (Å²) in [4.78, 5) is 31.7. The Kier molecular flexibility index (Phi) is 5.06. The minimum atomic E-state index is -0.814. The van der Waals surface area contributed by atoms with Crippen molar-refractivity contribution < 1.29 is 19.4 Å². The number of anilines is 1. The van der Waals surface area contributed by atoms with E-state index in [9.17, 15) is 14.7 Å². The smallest absolute Gasteiger partial charge is 0.300 e. The molecule has 1 aliphatic rings. The number of aryl methyl sites for hydroxylation is 1. The fourth-order valence-electron chi connectivity index (χ4n) is 3.72. The Morgan fingerprint density at radius 3 is 2.57 bits per heavy atom. The third-order valence-electron chi connectivity index (χ3n) is 5.09. The van der Waals surface area contributed by atoms with Crippen LogP contribution in [0.25, 0.3) is 5.76 Å². The van der Waals surface area contributed by atoms with Crippen molar-refractivity contribution in [2.75, 3.05) is 12.0 Å². The van der Waals surface area contributed by atoms with Gasteiger partial charge in [-0.25, -0.2) is 0 Å². The highest BCUT2D eigenvalue weighted by Crippen LogP contribution is 2.43. The number of hydrogen-bond acceptors (Lipinski definition) is 5. The van der Waals surface area contributed by atoms with Crippen molar-refractivity contribution in [1.29, 1.82) is 0 Å². The SMILES string of the molecule is COc1ccccc1/C(O)=C1\C(=O)C(=O)N(c2cccc(C)c2)C1c1cccnc1. The van der Waals surface area contributed by atoms with Gasteiger partial charge in [-0.2, -0.15) is 0 Å². The van der Waals surface area contributed by atoms with E-state index >= 15 is 0 Å². The Morgan fingerprint density at radius 2 is 1.87 bits per heavy atom. The molecule has 1 saturated heterocycles. The van der Waals surface area contributed by atoms with E-state index in [4.69, 9.17) is 4.74 Å². The Labute approximate surface area is 174 Å². The summed E-state index contributed by atoms with van der Waals surface area (Å²) in [5.74, 6) is -1.34. The van der Waals surface area contributed by atoms with Gasteiger partial charge in [-0.15, -0.1) is 0 Å². The maximum Gasteiger partial charge on any atom is 0.300 e. The normalized spacial score (nSPS) is 17.9. The van der Waals surface area contributed by atoms with E-state index in [1.807, 2.05) is 25.1 Å². The van der Waals surface area contributed by atoms with Gasteiger partial charge in [0.05, 0.1) is 24.3 Å². The molecule has 0 saturated carbocycles. The maximum absolute atomic E-state index is 13.1. The molecule has 150 valence electrons. The molecule has 0 radical (unpaired) electrons. The first-order valence-electron chi connectivity index (χ1n) is 9.44. The van der Waals surface area contributed by atoms with Crippen LogP contribution in [0, 0.1) is 6.92 Å². The zero-order valence-corrected chi connectivity index (χ0v) is 16.6. The molecule has 30 heavy (non-hydrogen) atoms. The number of aliphatic hydroxyl groups excluding tert-OH is 1. The van der Waals surface area contributed by atoms with E-state index in [2.05, 4.69) is 4.98 Å². The van der Waals surface area contributed by atoms with Gasteiger partial charge in [0.1, 0.15) is 11.5 Å². The minimum absolute atomic E-state index is 0.000920. The molecule has 1 amide bonds. The van der Waals surface area contributed by atoms with E-state index < -0.39 is 17.7 Å². The van der Waals surface area contributed by atoms with Gasteiger partial charge >= 0.3 is 0 Å². The average molecular weight is 400 g/mol. The van der Waals surface area contributed by atoms with Crippen LogP contribution in [0.4, 0.5) is 5.69 Å². The first-order valence-corrected chi connectivity index (χ1v) is 9.44. The van der Waals surface area contributed by atoms with Gasteiger partial charge in [0.25, 0.3) is 11.7 Å². The van der Waals surface area contributed by atoms with Crippen LogP contribution in [0.2, 0.25) is 0 Å². The van der Waals surface area contributed by atoms with Crippen LogP contribution in [0.5, 0.6) is 5.75 Å². The van der Waals surface area contributed by atoms with Gasteiger partial charge in [-0.3, -0.25) is 19.5 Å². The van der Waals surface area contributed by atoms with Gasteiger partial charge in [0.2, 0.25) is 0 Å². The Hall–Kier alpha value is -3.93. The molecule has 1 atom stereocenters. The highest BCUT2D eigenvalue weighted by molar-refractivity contribution is 6.51. The quantitative estimate of drug-likeness (QED) is 0.406. The van der Waals surface area contributed by atoms with Crippen molar-refractivity contribution in [1.82, 2.24) is 4.98 Å². The number of methoxy groups -OCH3 is 1. The fraction of sp³-hybridized carbons (Fsp3) is 0.125. The molecule has 0 aliphatic carbocycles. The molecule has 1 aliphatic heterocycles. The number of para-hydroxylation sites is 1. The van der Waals surface area contributed by atoms with Gasteiger partial charge in [0.15, 0.2) is 0 Å². The maximum atomic E-state index is 13.1. The number of ether oxygens (including phenoxy) is 1. The summed E-state index contributed by atoms with van der Waals surface area (Å²) >= 11 is 0. The number of aromatic nitrogens is 1. The minimum Gasteiger partial charge on any atom is -0.507 e. The topological polar surface area (TPSA) is 79.7 Å². The summed E-state index contributed by atoms with van der Waals surface area (Å²) in [5, 5.41) is 11.2. The molecular weight excluding hydrogens is 380 g/mol. The number of aliphatic hydroxyl groups is 1. The van der Waals surface area contributed by atoms with E-state index in [0.29, 0.717) is 22.6 Å². The zero-order chi connectivity index (χ0) is 21.3. The fourth-order valence-corrected chi connectivity index (χ4v) is 3.72. The highest BCUT2D eigenvalue weighted by atomic mass is 16.5. The Balaban J connectivity index is 1.97. The number of rotatable bonds is 4. The van der Waals surface area contributed by atoms with Crippen LogP contribution in [0.1, 0.15) is 22.7 Å². The highest BCUT2D eigenvalue weighted by Gasteiger charge is 2.47. The number of pyridine rings is 1. The molecule has 2 aromatic carbocycles. The van der Waals surface area contributed by atoms with E-state index in [1.54, 1.807) is 54.9 Å². The van der Waals surface area contributed by atoms with Crippen molar-refractivity contribution in [3.8, 4) is 5.75 Å². The standard InChI is InChI=1S/C24H20N2O4/c1-15-7-5-9-17(13-15)26-21(16-8-6-12-25-14-16)20(23(28)24(26)29)22(27)18-10-3-4-11-19(18)30-2/h3-14,21,27H,1-2H3/b22-20+. The molecule has 6 heteroatoms. The van der Waals surface area contributed by atoms with Crippen LogP contribution in [0.15, 0.2) is 78.6 Å². The number of ketones is 1. The molecule has 1 aromatic heterocycles. The Morgan fingerprint density at radius 1 is 1.07 bits per heavy atom. The van der Waals surface area contributed by atoms with E-state index in [1.165, 1.54) is 12.0 Å². The molecule has 2 heterocycles. The molecule has 0 bridgehead atoms. The second kappa shape index (κ2) is 7.83. The summed E-state index contributed by atoms with van der Waals surface area (Å²) in [5.41, 5.74) is 2.49. The number of hydrogen-bond donors (Lipinski definition) is 1. The van der Waals surface area contributed by atoms with Crippen molar-refractivity contribution in [3.05, 3.63) is 95.3 Å². The lowest BCUT2D eigenvalue weighted by Crippen LogP contribution is -2.29. The number of amides is 1. The van der Waals surface area contributed by atoms with Gasteiger partial charge < -0.3 is 9.84 Å². The first-order chi connectivity index (χ1) is 14.5. The van der Waals surface area contributed by atoms with E-state index in [-0.39, 0.29) is 11.3 Å². The van der Waals surface area contributed by atoms with Gasteiger partial charge in [-0.05, 0) is 48.4 Å². The summed E-state index contributed by atoms with van der Waals surface area (Å²) in [6, 6.07) is 16.9. The zero-order valence-electron chi connectivity index (χ0n) is 16.6. The second-order valence-corrected chi connectivity index (χ2v) is 6.99. The number of Topliss-reactive ketones (excluding diaryl/α,β-unsaturated/α-hetero) is 1. The van der Waals surface area contributed by atoms with Crippen LogP contribution >= 0.6 is 0 Å². The van der Waals surface area contributed by atoms with Crippen molar-refractivity contribution in [3.63, 3.8) is 0 Å². The summed E-state index contributed by atoms with van der Waals surface area (Å²) < 4.78 is 5.34. The van der Waals surface area contributed by atoms with Gasteiger partial charge in [-0.1, -0.05) is 30.3 Å². The molecule has 4 rings (SSSR count). The largest absolute Gasteiger partial charge is 0.507 e. The van der Waals surface area contributed by atoms with Crippen LogP contribution < -0.4 is 9.64 Å². The van der Waals surface area contributed by atoms with Crippen molar-refractivity contribution in [2.45, 2.75) is 13.0 Å². The summed E-state index contributed by atoms with van der Waals surface area (Å²) in [6.07, 6.45) is 3.21. The Bertz CT molecular complexity index is 1150. The first kappa shape index (κ1) is 19.4. The molecule has 1 fully saturated rings. The molecule has 1 unspecified atom stereocenters. The third-order valence-corrected chi connectivity index (χ3v) is 5.09. The van der Waals surface area contributed by atoms with Crippen LogP contribution in [0.3, 0.4) is 0 Å². The van der Waals surface area contributed by atoms with Crippen molar-refractivity contribution in [2.24, 2.45) is 0 Å². The monoisotopic (exact) mass is 400 g/mol. The molecule has 6 nitrogen and oxygen atoms in total. The number of carbonyl (C=O) groups excluding carboxylic acids is 2. The van der Waals surface area contributed by atoms with Crippen LogP contribution in [-0.2, 0) is 9.59 Å². The third kappa shape index (κ3) is 3.22. The van der Waals surface area contributed by atoms with E-state index in [0.717, 1.165) is 5.56 Å². The number of carbonyl (C=O) groups is 2. The molecule has 3 aromatic rings. The lowest BCUT2D eigenvalue weighted by atomic mass is 9.95. The summed E-state index contributed by atoms with van der Waals surface area (Å²) in [7, 11) is 1.48. The van der Waals surface area contributed by atoms with Crippen molar-refractivity contribution >= 4 is 23.1 Å². The number of benzene rings is 2. The average Bonchev–Trinajstić information content (AvgIpc) is 3.04. The lowest BCUT2D eigenvalue weighted by Gasteiger charge is -2.25. The molecular formula is C24H20N2O4. The second-order valence-electron chi connectivity index (χ2n) is 6.99. The summed E-state index contributed by atoms with van der Waals surface area (Å²) in [6.45, 7) is 1.91. The lowest BCUT2D eigenvalue weighted by molar-refractivity contribution is -0.132. The number of nitrogens with zero attached hydrogens (tertiary/aromatic N) is 2. The molecule has 0 spiro atoms.